The Labute approximate surface area is 167 Å². The van der Waals surface area contributed by atoms with Crippen LogP contribution in [0.5, 0.6) is 0 Å². The molecule has 3 rings (SSSR count). The lowest BCUT2D eigenvalue weighted by molar-refractivity contribution is -0.124. The molecule has 0 spiro atoms. The third kappa shape index (κ3) is 4.32. The van der Waals surface area contributed by atoms with Crippen LogP contribution < -0.4 is 10.9 Å². The van der Waals surface area contributed by atoms with E-state index in [-0.39, 0.29) is 16.0 Å². The number of nitrogens with zero attached hydrogens (tertiary/aromatic N) is 1. The van der Waals surface area contributed by atoms with E-state index in [1.807, 2.05) is 0 Å². The van der Waals surface area contributed by atoms with E-state index in [9.17, 15) is 23.2 Å². The van der Waals surface area contributed by atoms with Crippen LogP contribution in [0.15, 0.2) is 23.0 Å². The quantitative estimate of drug-likeness (QED) is 0.617. The molecule has 1 aromatic carbocycles. The Morgan fingerprint density at radius 3 is 2.72 bits per heavy atom. The predicted molar refractivity (Wildman–Crippen MR) is 103 cm³/mol. The van der Waals surface area contributed by atoms with Crippen molar-refractivity contribution in [1.29, 1.82) is 0 Å². The summed E-state index contributed by atoms with van der Waals surface area (Å²) in [4.78, 5) is 43.8. The van der Waals surface area contributed by atoms with E-state index < -0.39 is 36.2 Å². The van der Waals surface area contributed by atoms with Gasteiger partial charge in [-0.05, 0) is 32.4 Å². The summed E-state index contributed by atoms with van der Waals surface area (Å²) in [7, 11) is 0. The number of esters is 1. The maximum atomic E-state index is 13.8. The van der Waals surface area contributed by atoms with Gasteiger partial charge in [-0.3, -0.25) is 9.59 Å². The lowest BCUT2D eigenvalue weighted by Crippen LogP contribution is -2.31. The molecule has 0 fully saturated rings. The highest BCUT2D eigenvalue weighted by Gasteiger charge is 2.21. The van der Waals surface area contributed by atoms with Gasteiger partial charge in [0, 0.05) is 11.6 Å². The van der Waals surface area contributed by atoms with Gasteiger partial charge in [-0.2, -0.15) is 0 Å². The summed E-state index contributed by atoms with van der Waals surface area (Å²) in [6.07, 6.45) is 0. The van der Waals surface area contributed by atoms with Gasteiger partial charge >= 0.3 is 5.97 Å². The van der Waals surface area contributed by atoms with Gasteiger partial charge in [0.15, 0.2) is 6.61 Å². The summed E-state index contributed by atoms with van der Waals surface area (Å²) in [5.74, 6) is -2.51. The SMILES string of the molecule is Cc1nc2sc(C(=O)OCC(=O)N[C@@H](C)c3ccc(F)cc3F)c(C)c2c(=O)[nH]1. The molecule has 0 radical (unpaired) electrons. The number of nitrogens with one attached hydrogen (secondary N) is 2. The standard InChI is InChI=1S/C19H17F2N3O4S/c1-8-15-17(26)23-10(3)24-18(15)29-16(8)19(27)28-7-14(25)22-9(2)12-5-4-11(20)6-13(12)21/h4-6,9H,7H2,1-3H3,(H,22,25)(H,23,24,26)/t9-/m0/s1. The van der Waals surface area contributed by atoms with Gasteiger partial charge in [0.25, 0.3) is 11.5 Å². The first-order valence-electron chi connectivity index (χ1n) is 8.58. The number of ether oxygens (including phenoxy) is 1. The molecule has 0 bridgehead atoms. The molecule has 29 heavy (non-hydrogen) atoms. The molecule has 10 heteroatoms. The number of benzene rings is 1. The molecule has 152 valence electrons. The molecule has 1 amide bonds. The Morgan fingerprint density at radius 2 is 2.03 bits per heavy atom. The predicted octanol–water partition coefficient (Wildman–Crippen LogP) is 2.91. The van der Waals surface area contributed by atoms with Crippen LogP contribution in [0, 0.1) is 25.5 Å². The number of carbonyl (C=O) groups excluding carboxylic acids is 2. The van der Waals surface area contributed by atoms with Gasteiger partial charge in [0.05, 0.1) is 11.4 Å². The molecule has 0 aliphatic carbocycles. The number of hydrogen-bond donors (Lipinski definition) is 2. The number of rotatable bonds is 5. The van der Waals surface area contributed by atoms with Crippen molar-refractivity contribution < 1.29 is 23.1 Å². The lowest BCUT2D eigenvalue weighted by atomic mass is 10.1. The van der Waals surface area contributed by atoms with Crippen LogP contribution in [-0.2, 0) is 9.53 Å². The number of H-pyrrole nitrogens is 1. The van der Waals surface area contributed by atoms with Crippen molar-refractivity contribution in [3.63, 3.8) is 0 Å². The van der Waals surface area contributed by atoms with Crippen molar-refractivity contribution in [3.8, 4) is 0 Å². The van der Waals surface area contributed by atoms with Crippen LogP contribution in [0.25, 0.3) is 10.2 Å². The topological polar surface area (TPSA) is 101 Å². The number of aryl methyl sites for hydroxylation is 2. The summed E-state index contributed by atoms with van der Waals surface area (Å²) >= 11 is 1.00. The summed E-state index contributed by atoms with van der Waals surface area (Å²) in [5.41, 5.74) is 0.172. The monoisotopic (exact) mass is 421 g/mol. The maximum Gasteiger partial charge on any atom is 0.349 e. The molecule has 0 saturated heterocycles. The molecule has 7 nitrogen and oxygen atoms in total. The molecule has 0 unspecified atom stereocenters. The number of fused-ring (bicyclic) bond motifs is 1. The van der Waals surface area contributed by atoms with E-state index >= 15 is 0 Å². The van der Waals surface area contributed by atoms with Crippen molar-refractivity contribution in [3.05, 3.63) is 62.0 Å². The zero-order chi connectivity index (χ0) is 21.3. The van der Waals surface area contributed by atoms with Gasteiger partial charge in [0.1, 0.15) is 27.2 Å². The minimum Gasteiger partial charge on any atom is -0.451 e. The Kier molecular flexibility index (Phi) is 5.73. The average Bonchev–Trinajstić information content (AvgIpc) is 2.96. The molecule has 0 aliphatic rings. The smallest absolute Gasteiger partial charge is 0.349 e. The Bertz CT molecular complexity index is 1170. The number of carbonyl (C=O) groups is 2. The third-order valence-corrected chi connectivity index (χ3v) is 5.41. The molecule has 2 aromatic heterocycles. The summed E-state index contributed by atoms with van der Waals surface area (Å²) in [6, 6.07) is 2.29. The fraction of sp³-hybridized carbons (Fsp3) is 0.263. The van der Waals surface area contributed by atoms with Crippen LogP contribution >= 0.6 is 11.3 Å². The average molecular weight is 421 g/mol. The molecular weight excluding hydrogens is 404 g/mol. The number of thiophene rings is 1. The van der Waals surface area contributed by atoms with Gasteiger partial charge in [-0.25, -0.2) is 18.6 Å². The van der Waals surface area contributed by atoms with Crippen molar-refractivity contribution in [2.45, 2.75) is 26.8 Å². The third-order valence-electron chi connectivity index (χ3n) is 4.25. The van der Waals surface area contributed by atoms with E-state index in [1.165, 1.54) is 13.0 Å². The van der Waals surface area contributed by atoms with E-state index in [0.29, 0.717) is 21.6 Å². The van der Waals surface area contributed by atoms with Crippen molar-refractivity contribution >= 4 is 33.4 Å². The molecule has 0 aliphatic heterocycles. The molecule has 0 saturated carbocycles. The molecular formula is C19H17F2N3O4S. The fourth-order valence-corrected chi connectivity index (χ4v) is 3.98. The second kappa shape index (κ2) is 8.08. The lowest BCUT2D eigenvalue weighted by Gasteiger charge is -2.15. The normalized spacial score (nSPS) is 12.0. The number of hydrogen-bond acceptors (Lipinski definition) is 6. The Balaban J connectivity index is 1.67. The largest absolute Gasteiger partial charge is 0.451 e. The van der Waals surface area contributed by atoms with E-state index in [2.05, 4.69) is 15.3 Å². The molecule has 2 N–H and O–H groups in total. The van der Waals surface area contributed by atoms with Gasteiger partial charge < -0.3 is 15.0 Å². The van der Waals surface area contributed by atoms with E-state index in [4.69, 9.17) is 4.74 Å². The highest BCUT2D eigenvalue weighted by atomic mass is 32.1. The molecule has 2 heterocycles. The first kappa shape index (κ1) is 20.6. The van der Waals surface area contributed by atoms with Crippen molar-refractivity contribution in [2.75, 3.05) is 6.61 Å². The summed E-state index contributed by atoms with van der Waals surface area (Å²) < 4.78 is 31.8. The van der Waals surface area contributed by atoms with Crippen LogP contribution in [-0.4, -0.2) is 28.5 Å². The molecule has 3 aromatic rings. The highest BCUT2D eigenvalue weighted by Crippen LogP contribution is 2.27. The first-order valence-corrected chi connectivity index (χ1v) is 9.40. The Morgan fingerprint density at radius 1 is 1.31 bits per heavy atom. The van der Waals surface area contributed by atoms with Crippen LogP contribution in [0.3, 0.4) is 0 Å². The number of amides is 1. The zero-order valence-electron chi connectivity index (χ0n) is 15.8. The Hall–Kier alpha value is -3.14. The van der Waals surface area contributed by atoms with Gasteiger partial charge in [0.2, 0.25) is 0 Å². The minimum atomic E-state index is -0.788. The minimum absolute atomic E-state index is 0.104. The fourth-order valence-electron chi connectivity index (χ4n) is 2.86. The van der Waals surface area contributed by atoms with Gasteiger partial charge in [-0.15, -0.1) is 11.3 Å². The highest BCUT2D eigenvalue weighted by molar-refractivity contribution is 7.20. The van der Waals surface area contributed by atoms with Crippen LogP contribution in [0.2, 0.25) is 0 Å². The van der Waals surface area contributed by atoms with Gasteiger partial charge in [-0.1, -0.05) is 6.07 Å². The second-order valence-corrected chi connectivity index (χ2v) is 7.42. The number of aromatic amines is 1. The van der Waals surface area contributed by atoms with Crippen LogP contribution in [0.4, 0.5) is 8.78 Å². The summed E-state index contributed by atoms with van der Waals surface area (Å²) in [5, 5.41) is 2.78. The summed E-state index contributed by atoms with van der Waals surface area (Å²) in [6.45, 7) is 4.15. The number of aromatic nitrogens is 2. The maximum absolute atomic E-state index is 13.8. The van der Waals surface area contributed by atoms with Crippen LogP contribution in [0.1, 0.15) is 39.6 Å². The first-order chi connectivity index (χ1) is 13.7. The second-order valence-electron chi connectivity index (χ2n) is 6.42. The zero-order valence-corrected chi connectivity index (χ0v) is 16.6. The van der Waals surface area contributed by atoms with Crippen molar-refractivity contribution in [2.24, 2.45) is 0 Å². The number of halogens is 2. The van der Waals surface area contributed by atoms with E-state index in [1.54, 1.807) is 13.8 Å². The van der Waals surface area contributed by atoms with E-state index in [0.717, 1.165) is 23.5 Å². The molecule has 1 atom stereocenters. The van der Waals surface area contributed by atoms with Crippen molar-refractivity contribution in [1.82, 2.24) is 15.3 Å².